The predicted molar refractivity (Wildman–Crippen MR) is 192 cm³/mol. The molecule has 4 heteroatoms. The van der Waals surface area contributed by atoms with E-state index in [1.54, 1.807) is 0 Å². The maximum absolute atomic E-state index is 13.2. The SMILES string of the molecule is CCCCCCCCCCCCCCCCCC(=O)C(NO)(C(=O)CCCCCCCCCCCCCCCCC)C(C)C. The summed E-state index contributed by atoms with van der Waals surface area (Å²) in [5.74, 6) is -0.522. The van der Waals surface area contributed by atoms with Gasteiger partial charge in [0.2, 0.25) is 0 Å². The van der Waals surface area contributed by atoms with Crippen LogP contribution in [0.15, 0.2) is 0 Å². The Kier molecular flexibility index (Phi) is 31.7. The second kappa shape index (κ2) is 32.2. The predicted octanol–water partition coefficient (Wildman–Crippen LogP) is 13.0. The number of ketones is 2. The van der Waals surface area contributed by atoms with Crippen LogP contribution in [0.5, 0.6) is 0 Å². The monoisotopic (exact) mass is 622 g/mol. The van der Waals surface area contributed by atoms with E-state index in [0.717, 1.165) is 38.5 Å². The fourth-order valence-electron chi connectivity index (χ4n) is 6.76. The summed E-state index contributed by atoms with van der Waals surface area (Å²) in [7, 11) is 0. The second-order valence-electron chi connectivity index (χ2n) is 14.3. The van der Waals surface area contributed by atoms with Crippen LogP contribution < -0.4 is 5.48 Å². The fourth-order valence-corrected chi connectivity index (χ4v) is 6.76. The van der Waals surface area contributed by atoms with Gasteiger partial charge in [-0.1, -0.05) is 207 Å². The highest BCUT2D eigenvalue weighted by atomic mass is 16.5. The number of nitrogens with one attached hydrogen (secondary N) is 1. The summed E-state index contributed by atoms with van der Waals surface area (Å²) >= 11 is 0. The van der Waals surface area contributed by atoms with Crippen LogP contribution >= 0.6 is 0 Å². The van der Waals surface area contributed by atoms with Gasteiger partial charge in [-0.05, 0) is 18.8 Å². The molecule has 4 nitrogen and oxygen atoms in total. The van der Waals surface area contributed by atoms with Crippen LogP contribution in [0.25, 0.3) is 0 Å². The van der Waals surface area contributed by atoms with Crippen LogP contribution in [-0.4, -0.2) is 22.3 Å². The summed E-state index contributed by atoms with van der Waals surface area (Å²) in [5.41, 5.74) is 0.781. The Morgan fingerprint density at radius 2 is 0.636 bits per heavy atom. The van der Waals surface area contributed by atoms with Crippen LogP contribution in [0, 0.1) is 5.92 Å². The lowest BCUT2D eigenvalue weighted by molar-refractivity contribution is -0.145. The molecule has 0 aromatic carbocycles. The first-order valence-corrected chi connectivity index (χ1v) is 19.9. The summed E-state index contributed by atoms with van der Waals surface area (Å²) in [6, 6.07) is 0. The van der Waals surface area contributed by atoms with Gasteiger partial charge in [0.05, 0.1) is 0 Å². The number of carbonyl (C=O) groups excluding carboxylic acids is 2. The van der Waals surface area contributed by atoms with Gasteiger partial charge < -0.3 is 5.21 Å². The number of Topliss-reactive ketones (excluding diaryl/α,β-unsaturated/α-hetero) is 2. The molecule has 0 saturated heterocycles. The molecule has 0 radical (unpaired) electrons. The van der Waals surface area contributed by atoms with Gasteiger partial charge in [0.15, 0.2) is 17.1 Å². The molecule has 0 aromatic rings. The van der Waals surface area contributed by atoms with Crippen molar-refractivity contribution >= 4 is 11.6 Å². The smallest absolute Gasteiger partial charge is 0.162 e. The van der Waals surface area contributed by atoms with Crippen molar-refractivity contribution in [1.82, 2.24) is 5.48 Å². The third kappa shape index (κ3) is 22.7. The average molecular weight is 622 g/mol. The molecule has 44 heavy (non-hydrogen) atoms. The second-order valence-corrected chi connectivity index (χ2v) is 14.3. The van der Waals surface area contributed by atoms with Crippen LogP contribution in [-0.2, 0) is 9.59 Å². The standard InChI is InChI=1S/C40H79NO3/c1-5-7-9-11-13-15-17-19-21-23-25-27-29-31-33-35-38(42)40(41-44,37(3)4)39(43)36-34-32-30-28-26-24-22-20-18-16-14-12-10-8-6-2/h37,41,44H,5-36H2,1-4H3. The molecule has 0 amide bonds. The minimum Gasteiger partial charge on any atom is -0.315 e. The molecule has 0 saturated carbocycles. The highest BCUT2D eigenvalue weighted by Gasteiger charge is 2.46. The zero-order valence-corrected chi connectivity index (χ0v) is 30.5. The van der Waals surface area contributed by atoms with E-state index in [1.165, 1.54) is 154 Å². The lowest BCUT2D eigenvalue weighted by atomic mass is 9.76. The van der Waals surface area contributed by atoms with E-state index in [9.17, 15) is 14.8 Å². The number of hydroxylamine groups is 1. The Labute approximate surface area is 276 Å². The van der Waals surface area contributed by atoms with Crippen LogP contribution in [0.3, 0.4) is 0 Å². The molecule has 262 valence electrons. The molecule has 0 rings (SSSR count). The number of carbonyl (C=O) groups is 2. The van der Waals surface area contributed by atoms with Crippen molar-refractivity contribution in [2.75, 3.05) is 0 Å². The van der Waals surface area contributed by atoms with Crippen LogP contribution in [0.2, 0.25) is 0 Å². The van der Waals surface area contributed by atoms with Crippen molar-refractivity contribution in [1.29, 1.82) is 0 Å². The van der Waals surface area contributed by atoms with Crippen LogP contribution in [0.1, 0.15) is 233 Å². The molecular formula is C40H79NO3. The lowest BCUT2D eigenvalue weighted by Crippen LogP contribution is -2.60. The first-order valence-electron chi connectivity index (χ1n) is 19.9. The molecule has 0 spiro atoms. The Bertz CT molecular complexity index is 586. The van der Waals surface area contributed by atoms with E-state index >= 15 is 0 Å². The summed E-state index contributed by atoms with van der Waals surface area (Å²) in [6.45, 7) is 8.30. The highest BCUT2D eigenvalue weighted by Crippen LogP contribution is 2.26. The molecule has 0 aromatic heterocycles. The lowest BCUT2D eigenvalue weighted by Gasteiger charge is -2.33. The van der Waals surface area contributed by atoms with E-state index < -0.39 is 5.54 Å². The van der Waals surface area contributed by atoms with E-state index in [0.29, 0.717) is 12.8 Å². The van der Waals surface area contributed by atoms with Crippen LogP contribution in [0.4, 0.5) is 0 Å². The Balaban J connectivity index is 3.93. The first kappa shape index (κ1) is 43.3. The number of unbranched alkanes of at least 4 members (excludes halogenated alkanes) is 28. The van der Waals surface area contributed by atoms with Gasteiger partial charge in [-0.2, -0.15) is 5.48 Å². The van der Waals surface area contributed by atoms with Crippen molar-refractivity contribution in [3.63, 3.8) is 0 Å². The van der Waals surface area contributed by atoms with Gasteiger partial charge in [-0.3, -0.25) is 9.59 Å². The Morgan fingerprint density at radius 3 is 0.818 bits per heavy atom. The molecule has 0 unspecified atom stereocenters. The largest absolute Gasteiger partial charge is 0.315 e. The van der Waals surface area contributed by atoms with Crippen molar-refractivity contribution in [3.05, 3.63) is 0 Å². The average Bonchev–Trinajstić information content (AvgIpc) is 3.01. The Hall–Kier alpha value is -0.740. The summed E-state index contributed by atoms with van der Waals surface area (Å²) in [4.78, 5) is 26.5. The normalized spacial score (nSPS) is 12.0. The number of hydrogen-bond donors (Lipinski definition) is 2. The molecule has 0 atom stereocenters. The van der Waals surface area contributed by atoms with Gasteiger partial charge in [-0.15, -0.1) is 0 Å². The molecular weight excluding hydrogens is 542 g/mol. The van der Waals surface area contributed by atoms with Crippen molar-refractivity contribution in [3.8, 4) is 0 Å². The summed E-state index contributed by atoms with van der Waals surface area (Å²) in [5, 5.41) is 10.0. The van der Waals surface area contributed by atoms with Gasteiger partial charge in [0, 0.05) is 12.8 Å². The maximum atomic E-state index is 13.2. The molecule has 0 aliphatic rings. The highest BCUT2D eigenvalue weighted by molar-refractivity contribution is 6.11. The zero-order chi connectivity index (χ0) is 32.6. The topological polar surface area (TPSA) is 66.4 Å². The first-order chi connectivity index (χ1) is 21.5. The molecule has 0 heterocycles. The summed E-state index contributed by atoms with van der Waals surface area (Å²) in [6.07, 6.45) is 39.4. The van der Waals surface area contributed by atoms with E-state index in [4.69, 9.17) is 0 Å². The summed E-state index contributed by atoms with van der Waals surface area (Å²) < 4.78 is 0. The Morgan fingerprint density at radius 1 is 0.432 bits per heavy atom. The minimum absolute atomic E-state index is 0.129. The van der Waals surface area contributed by atoms with Gasteiger partial charge >= 0.3 is 0 Å². The molecule has 0 aliphatic carbocycles. The molecule has 0 fully saturated rings. The minimum atomic E-state index is -1.44. The van der Waals surface area contributed by atoms with Gasteiger partial charge in [0.1, 0.15) is 0 Å². The van der Waals surface area contributed by atoms with Gasteiger partial charge in [-0.25, -0.2) is 0 Å². The molecule has 0 aliphatic heterocycles. The van der Waals surface area contributed by atoms with E-state index in [-0.39, 0.29) is 17.5 Å². The van der Waals surface area contributed by atoms with Crippen molar-refractivity contribution < 1.29 is 14.8 Å². The van der Waals surface area contributed by atoms with E-state index in [1.807, 2.05) is 13.8 Å². The zero-order valence-electron chi connectivity index (χ0n) is 30.5. The molecule has 2 N–H and O–H groups in total. The van der Waals surface area contributed by atoms with Gasteiger partial charge in [0.25, 0.3) is 0 Å². The number of rotatable bonds is 36. The quantitative estimate of drug-likeness (QED) is 0.0415. The van der Waals surface area contributed by atoms with Crippen molar-refractivity contribution in [2.45, 2.75) is 239 Å². The maximum Gasteiger partial charge on any atom is 0.162 e. The third-order valence-electron chi connectivity index (χ3n) is 9.94. The third-order valence-corrected chi connectivity index (χ3v) is 9.94. The number of hydrogen-bond acceptors (Lipinski definition) is 4. The molecule has 0 bridgehead atoms. The fraction of sp³-hybridized carbons (Fsp3) is 0.950. The van der Waals surface area contributed by atoms with Crippen molar-refractivity contribution in [2.24, 2.45) is 5.92 Å². The van der Waals surface area contributed by atoms with E-state index in [2.05, 4.69) is 19.3 Å².